The quantitative estimate of drug-likeness (QED) is 0.653. The Morgan fingerprint density at radius 1 is 1.07 bits per heavy atom. The number of rotatable bonds is 2. The van der Waals surface area contributed by atoms with Gasteiger partial charge in [0.15, 0.2) is 0 Å². The summed E-state index contributed by atoms with van der Waals surface area (Å²) in [5, 5.41) is 0. The minimum atomic E-state index is 0.441. The van der Waals surface area contributed by atoms with Gasteiger partial charge in [0, 0.05) is 0 Å². The van der Waals surface area contributed by atoms with Crippen molar-refractivity contribution in [2.24, 2.45) is 5.41 Å². The highest BCUT2D eigenvalue weighted by molar-refractivity contribution is 5.30. The molecule has 0 radical (unpaired) electrons. The molecular formula is C14H22. The van der Waals surface area contributed by atoms with E-state index in [0.717, 1.165) is 0 Å². The third-order valence-electron chi connectivity index (χ3n) is 2.65. The molecule has 1 rings (SSSR count). The van der Waals surface area contributed by atoms with E-state index in [-0.39, 0.29) is 0 Å². The minimum Gasteiger partial charge on any atom is -0.0602 e. The van der Waals surface area contributed by atoms with Crippen molar-refractivity contribution in [1.82, 2.24) is 0 Å². The maximum absolute atomic E-state index is 2.32. The van der Waals surface area contributed by atoms with Crippen molar-refractivity contribution in [2.45, 2.75) is 47.5 Å². The van der Waals surface area contributed by atoms with E-state index in [1.54, 1.807) is 0 Å². The third-order valence-corrected chi connectivity index (χ3v) is 2.65. The number of hydrogen-bond acceptors (Lipinski definition) is 0. The van der Waals surface area contributed by atoms with E-state index in [0.29, 0.717) is 5.41 Å². The summed E-state index contributed by atoms with van der Waals surface area (Å²) in [5.74, 6) is 0. The minimum absolute atomic E-state index is 0.441. The molecule has 0 heterocycles. The maximum atomic E-state index is 2.32. The second kappa shape index (κ2) is 4.16. The van der Waals surface area contributed by atoms with Gasteiger partial charge in [-0.3, -0.25) is 0 Å². The van der Waals surface area contributed by atoms with Gasteiger partial charge in [-0.1, -0.05) is 44.5 Å². The van der Waals surface area contributed by atoms with Gasteiger partial charge in [-0.25, -0.2) is 0 Å². The predicted molar refractivity (Wildman–Crippen MR) is 63.7 cm³/mol. The van der Waals surface area contributed by atoms with Crippen LogP contribution in [-0.2, 0) is 6.42 Å². The van der Waals surface area contributed by atoms with Gasteiger partial charge < -0.3 is 0 Å². The second-order valence-corrected chi connectivity index (χ2v) is 5.49. The summed E-state index contributed by atoms with van der Waals surface area (Å²) < 4.78 is 0. The summed E-state index contributed by atoms with van der Waals surface area (Å²) in [6.07, 6.45) is 2.47. The molecule has 0 nitrogen and oxygen atoms in total. The molecule has 0 atom stereocenters. The standard InChI is InChI=1S/C14H22/c1-11-6-7-12(2)13(10-11)8-9-14(3,4)5/h6-7,10H,8-9H2,1-5H3. The summed E-state index contributed by atoms with van der Waals surface area (Å²) in [6, 6.07) is 6.74. The van der Waals surface area contributed by atoms with Crippen LogP contribution in [0.25, 0.3) is 0 Å². The van der Waals surface area contributed by atoms with Crippen molar-refractivity contribution in [3.63, 3.8) is 0 Å². The topological polar surface area (TPSA) is 0 Å². The second-order valence-electron chi connectivity index (χ2n) is 5.49. The van der Waals surface area contributed by atoms with Crippen molar-refractivity contribution in [3.05, 3.63) is 34.9 Å². The van der Waals surface area contributed by atoms with E-state index in [9.17, 15) is 0 Å². The zero-order valence-corrected chi connectivity index (χ0v) is 10.1. The molecular weight excluding hydrogens is 168 g/mol. The van der Waals surface area contributed by atoms with Gasteiger partial charge in [-0.2, -0.15) is 0 Å². The molecule has 0 aliphatic rings. The fraction of sp³-hybridized carbons (Fsp3) is 0.571. The fourth-order valence-electron chi connectivity index (χ4n) is 1.58. The monoisotopic (exact) mass is 190 g/mol. The van der Waals surface area contributed by atoms with Crippen molar-refractivity contribution >= 4 is 0 Å². The van der Waals surface area contributed by atoms with Crippen molar-refractivity contribution in [2.75, 3.05) is 0 Å². The van der Waals surface area contributed by atoms with Crippen LogP contribution in [0.4, 0.5) is 0 Å². The van der Waals surface area contributed by atoms with Gasteiger partial charge in [0.1, 0.15) is 0 Å². The van der Waals surface area contributed by atoms with Crippen LogP contribution in [0.3, 0.4) is 0 Å². The summed E-state index contributed by atoms with van der Waals surface area (Å²) in [6.45, 7) is 11.3. The molecule has 0 bridgehead atoms. The van der Waals surface area contributed by atoms with Crippen LogP contribution in [0.2, 0.25) is 0 Å². The van der Waals surface area contributed by atoms with Crippen LogP contribution in [0.5, 0.6) is 0 Å². The highest BCUT2D eigenvalue weighted by atomic mass is 14.2. The van der Waals surface area contributed by atoms with Crippen LogP contribution >= 0.6 is 0 Å². The van der Waals surface area contributed by atoms with Gasteiger partial charge in [-0.15, -0.1) is 0 Å². The van der Waals surface area contributed by atoms with Gasteiger partial charge in [0.05, 0.1) is 0 Å². The van der Waals surface area contributed by atoms with Gasteiger partial charge in [0.2, 0.25) is 0 Å². The van der Waals surface area contributed by atoms with E-state index in [2.05, 4.69) is 52.8 Å². The largest absolute Gasteiger partial charge is 0.0602 e. The molecule has 0 aliphatic carbocycles. The Morgan fingerprint density at radius 2 is 1.71 bits per heavy atom. The van der Waals surface area contributed by atoms with Crippen LogP contribution in [0.1, 0.15) is 43.9 Å². The van der Waals surface area contributed by atoms with E-state index < -0.39 is 0 Å². The van der Waals surface area contributed by atoms with Crippen LogP contribution in [0.15, 0.2) is 18.2 Å². The molecule has 0 fully saturated rings. The Hall–Kier alpha value is -0.780. The van der Waals surface area contributed by atoms with E-state index in [1.807, 2.05) is 0 Å². The van der Waals surface area contributed by atoms with Crippen molar-refractivity contribution in [3.8, 4) is 0 Å². The number of hydrogen-bond donors (Lipinski definition) is 0. The van der Waals surface area contributed by atoms with Gasteiger partial charge in [-0.05, 0) is 43.2 Å². The fourth-order valence-corrected chi connectivity index (χ4v) is 1.58. The zero-order chi connectivity index (χ0) is 10.8. The first-order chi connectivity index (χ1) is 6.38. The highest BCUT2D eigenvalue weighted by Crippen LogP contribution is 2.23. The zero-order valence-electron chi connectivity index (χ0n) is 10.1. The summed E-state index contributed by atoms with van der Waals surface area (Å²) in [7, 11) is 0. The lowest BCUT2D eigenvalue weighted by molar-refractivity contribution is 0.378. The third kappa shape index (κ3) is 3.53. The molecule has 14 heavy (non-hydrogen) atoms. The smallest absolute Gasteiger partial charge is 0.0271 e. The average molecular weight is 190 g/mol. The molecule has 0 heteroatoms. The first kappa shape index (κ1) is 11.3. The molecule has 0 unspecified atom stereocenters. The van der Waals surface area contributed by atoms with E-state index in [1.165, 1.54) is 29.5 Å². The maximum Gasteiger partial charge on any atom is -0.0271 e. The van der Waals surface area contributed by atoms with Gasteiger partial charge in [0.25, 0.3) is 0 Å². The Balaban J connectivity index is 2.72. The molecule has 0 saturated heterocycles. The molecule has 78 valence electrons. The molecule has 1 aromatic carbocycles. The van der Waals surface area contributed by atoms with Crippen molar-refractivity contribution < 1.29 is 0 Å². The first-order valence-electron chi connectivity index (χ1n) is 5.45. The Morgan fingerprint density at radius 3 is 2.29 bits per heavy atom. The predicted octanol–water partition coefficient (Wildman–Crippen LogP) is 4.28. The van der Waals surface area contributed by atoms with E-state index in [4.69, 9.17) is 0 Å². The molecule has 0 spiro atoms. The molecule has 0 amide bonds. The highest BCUT2D eigenvalue weighted by Gasteiger charge is 2.10. The molecule has 1 aromatic rings. The Kier molecular flexibility index (Phi) is 3.36. The lowest BCUT2D eigenvalue weighted by atomic mass is 9.87. The summed E-state index contributed by atoms with van der Waals surface area (Å²) >= 11 is 0. The molecule has 0 N–H and O–H groups in total. The molecule has 0 saturated carbocycles. The SMILES string of the molecule is Cc1ccc(C)c(CCC(C)(C)C)c1. The molecule has 0 aromatic heterocycles. The van der Waals surface area contributed by atoms with Gasteiger partial charge >= 0.3 is 0 Å². The number of aryl methyl sites for hydroxylation is 3. The Labute approximate surface area is 88.4 Å². The summed E-state index contributed by atoms with van der Waals surface area (Å²) in [5.41, 5.74) is 4.76. The first-order valence-corrected chi connectivity index (χ1v) is 5.45. The summed E-state index contributed by atoms with van der Waals surface area (Å²) in [4.78, 5) is 0. The van der Waals surface area contributed by atoms with E-state index >= 15 is 0 Å². The lowest BCUT2D eigenvalue weighted by Crippen LogP contribution is -2.07. The molecule has 0 aliphatic heterocycles. The van der Waals surface area contributed by atoms with Crippen LogP contribution in [0, 0.1) is 19.3 Å². The van der Waals surface area contributed by atoms with Crippen molar-refractivity contribution in [1.29, 1.82) is 0 Å². The normalized spacial score (nSPS) is 11.8. The number of benzene rings is 1. The lowest BCUT2D eigenvalue weighted by Gasteiger charge is -2.18. The average Bonchev–Trinajstić information content (AvgIpc) is 2.05. The van der Waals surface area contributed by atoms with Crippen LogP contribution in [-0.4, -0.2) is 0 Å². The Bertz CT molecular complexity index is 302. The van der Waals surface area contributed by atoms with Crippen LogP contribution < -0.4 is 0 Å².